The number of benzene rings is 1. The van der Waals surface area contributed by atoms with E-state index in [1.807, 2.05) is 0 Å². The highest BCUT2D eigenvalue weighted by molar-refractivity contribution is 7.16. The summed E-state index contributed by atoms with van der Waals surface area (Å²) in [7, 11) is 2.87. The summed E-state index contributed by atoms with van der Waals surface area (Å²) >= 11 is 19.9. The zero-order chi connectivity index (χ0) is 21.9. The van der Waals surface area contributed by atoms with Gasteiger partial charge < -0.3 is 20.1 Å². The van der Waals surface area contributed by atoms with Crippen molar-refractivity contribution in [2.24, 2.45) is 0 Å². The highest BCUT2D eigenvalue weighted by atomic mass is 35.6. The molecule has 3 rings (SSSR count). The van der Waals surface area contributed by atoms with E-state index >= 15 is 0 Å². The number of hydrogen-bond donors (Lipinski definition) is 2. The number of rotatable bonds is 6. The molecule has 6 nitrogen and oxygen atoms in total. The highest BCUT2D eigenvalue weighted by Crippen LogP contribution is 2.40. The molecule has 162 valence electrons. The zero-order valence-corrected chi connectivity index (χ0v) is 19.5. The van der Waals surface area contributed by atoms with E-state index in [9.17, 15) is 9.59 Å². The van der Waals surface area contributed by atoms with Crippen LogP contribution in [0.3, 0.4) is 0 Å². The van der Waals surface area contributed by atoms with Crippen molar-refractivity contribution in [2.75, 3.05) is 19.5 Å². The number of halogens is 3. The number of thiophene rings is 1. The maximum atomic E-state index is 12.7. The molecule has 1 aromatic carbocycles. The monoisotopic (exact) mass is 490 g/mol. The van der Waals surface area contributed by atoms with Crippen molar-refractivity contribution in [3.05, 3.63) is 45.8 Å². The Balaban J connectivity index is 1.87. The molecule has 1 aliphatic carbocycles. The van der Waals surface area contributed by atoms with E-state index < -0.39 is 21.8 Å². The van der Waals surface area contributed by atoms with Gasteiger partial charge in [-0.15, -0.1) is 11.3 Å². The number of methoxy groups -OCH3 is 2. The molecule has 1 aliphatic rings. The van der Waals surface area contributed by atoms with Gasteiger partial charge >= 0.3 is 5.97 Å². The molecule has 1 heterocycles. The Hall–Kier alpha value is -1.67. The Kier molecular flexibility index (Phi) is 7.39. The fraction of sp³-hybridized carbons (Fsp3) is 0.400. The van der Waals surface area contributed by atoms with Crippen LogP contribution < -0.4 is 15.4 Å². The lowest BCUT2D eigenvalue weighted by Crippen LogP contribution is -2.49. The molecule has 10 heteroatoms. The molecule has 0 bridgehead atoms. The quantitative estimate of drug-likeness (QED) is 0.339. The molecular formula is C20H21Cl3N2O4S. The van der Waals surface area contributed by atoms with E-state index in [0.717, 1.165) is 36.1 Å². The van der Waals surface area contributed by atoms with Crippen LogP contribution in [-0.2, 0) is 17.6 Å². The number of anilines is 1. The van der Waals surface area contributed by atoms with E-state index in [1.54, 1.807) is 24.3 Å². The van der Waals surface area contributed by atoms with Crippen LogP contribution in [-0.4, -0.2) is 36.1 Å². The van der Waals surface area contributed by atoms with Gasteiger partial charge in [-0.05, 0) is 55.5 Å². The number of nitrogens with one attached hydrogen (secondary N) is 2. The van der Waals surface area contributed by atoms with E-state index in [1.165, 1.54) is 25.6 Å². The molecule has 2 aromatic rings. The summed E-state index contributed by atoms with van der Waals surface area (Å²) in [6.45, 7) is 0. The maximum Gasteiger partial charge on any atom is 0.341 e. The number of carbonyl (C=O) groups is 2. The van der Waals surface area contributed by atoms with Crippen molar-refractivity contribution in [1.29, 1.82) is 0 Å². The second kappa shape index (κ2) is 9.64. The third kappa shape index (κ3) is 5.14. The number of esters is 1. The molecule has 1 atom stereocenters. The van der Waals surface area contributed by atoms with E-state index in [-0.39, 0.29) is 0 Å². The average molecular weight is 492 g/mol. The summed E-state index contributed by atoms with van der Waals surface area (Å²) in [5.74, 6) is -0.279. The van der Waals surface area contributed by atoms with Crippen LogP contribution in [0.1, 0.15) is 44.0 Å². The average Bonchev–Trinajstić information content (AvgIpc) is 3.10. The smallest absolute Gasteiger partial charge is 0.341 e. The summed E-state index contributed by atoms with van der Waals surface area (Å²) in [6.07, 6.45) is 2.63. The summed E-state index contributed by atoms with van der Waals surface area (Å²) < 4.78 is 8.19. The highest BCUT2D eigenvalue weighted by Gasteiger charge is 2.37. The van der Waals surface area contributed by atoms with E-state index in [2.05, 4.69) is 10.6 Å². The van der Waals surface area contributed by atoms with Crippen molar-refractivity contribution in [3.8, 4) is 5.75 Å². The van der Waals surface area contributed by atoms with Crippen LogP contribution >= 0.6 is 46.1 Å². The van der Waals surface area contributed by atoms with Gasteiger partial charge in [0.1, 0.15) is 16.9 Å². The van der Waals surface area contributed by atoms with Gasteiger partial charge in [0.2, 0.25) is 3.79 Å². The van der Waals surface area contributed by atoms with Gasteiger partial charge in [0.05, 0.1) is 19.8 Å². The Morgan fingerprint density at radius 3 is 2.37 bits per heavy atom. The molecule has 0 radical (unpaired) electrons. The summed E-state index contributed by atoms with van der Waals surface area (Å²) in [5, 5.41) is 6.25. The number of ether oxygens (including phenoxy) is 2. The molecule has 0 saturated heterocycles. The first kappa shape index (κ1) is 23.0. The van der Waals surface area contributed by atoms with Crippen LogP contribution in [0, 0.1) is 0 Å². The first-order valence-corrected chi connectivity index (χ1v) is 11.2. The van der Waals surface area contributed by atoms with Crippen molar-refractivity contribution in [3.63, 3.8) is 0 Å². The molecule has 0 saturated carbocycles. The van der Waals surface area contributed by atoms with Crippen molar-refractivity contribution < 1.29 is 19.1 Å². The molecule has 1 amide bonds. The normalized spacial score (nSPS) is 14.4. The predicted octanol–water partition coefficient (Wildman–Crippen LogP) is 4.96. The minimum atomic E-state index is -1.87. The van der Waals surface area contributed by atoms with Gasteiger partial charge in [0, 0.05) is 10.4 Å². The minimum Gasteiger partial charge on any atom is -0.497 e. The molecule has 0 unspecified atom stereocenters. The fourth-order valence-corrected chi connectivity index (χ4v) is 4.91. The third-order valence-electron chi connectivity index (χ3n) is 4.79. The van der Waals surface area contributed by atoms with Gasteiger partial charge in [0.25, 0.3) is 5.91 Å². The second-order valence-electron chi connectivity index (χ2n) is 6.73. The molecular weight excluding hydrogens is 471 g/mol. The van der Waals surface area contributed by atoms with Crippen LogP contribution in [0.25, 0.3) is 0 Å². The summed E-state index contributed by atoms with van der Waals surface area (Å²) in [6, 6.07) is 6.53. The van der Waals surface area contributed by atoms with Gasteiger partial charge in [-0.25, -0.2) is 4.79 Å². The molecule has 0 spiro atoms. The maximum absolute atomic E-state index is 12.7. The van der Waals surface area contributed by atoms with Gasteiger partial charge in [-0.3, -0.25) is 4.79 Å². The SMILES string of the molecule is COC(=O)c1c(N[C@@H](NC(=O)c2ccc(OC)cc2)C(Cl)(Cl)Cl)sc2c1CCCC2. The van der Waals surface area contributed by atoms with Crippen LogP contribution in [0.5, 0.6) is 5.75 Å². The standard InChI is InChI=1S/C20H21Cl3N2O4S/c1-28-12-9-7-11(8-10-12)16(26)24-19(20(21,22)23)25-17-15(18(27)29-2)13-5-3-4-6-14(13)30-17/h7-10,19,25H,3-6H2,1-2H3,(H,24,26)/t19-/m1/s1. The van der Waals surface area contributed by atoms with Gasteiger partial charge in [-0.2, -0.15) is 0 Å². The first-order chi connectivity index (χ1) is 14.2. The number of fused-ring (bicyclic) bond motifs is 1. The molecule has 2 N–H and O–H groups in total. The topological polar surface area (TPSA) is 76.7 Å². The molecule has 1 aromatic heterocycles. The predicted molar refractivity (Wildman–Crippen MR) is 120 cm³/mol. The summed E-state index contributed by atoms with van der Waals surface area (Å²) in [4.78, 5) is 26.3. The Labute approximate surface area is 193 Å². The number of alkyl halides is 3. The second-order valence-corrected chi connectivity index (χ2v) is 10.2. The van der Waals surface area contributed by atoms with Crippen LogP contribution in [0.4, 0.5) is 5.00 Å². The summed E-state index contributed by atoms with van der Waals surface area (Å²) in [5.41, 5.74) is 1.77. The Morgan fingerprint density at radius 2 is 1.77 bits per heavy atom. The minimum absolute atomic E-state index is 0.371. The Morgan fingerprint density at radius 1 is 1.10 bits per heavy atom. The third-order valence-corrected chi connectivity index (χ3v) is 6.67. The number of amides is 1. The van der Waals surface area contributed by atoms with Crippen LogP contribution in [0.2, 0.25) is 0 Å². The van der Waals surface area contributed by atoms with Crippen LogP contribution in [0.15, 0.2) is 24.3 Å². The van der Waals surface area contributed by atoms with Crippen molar-refractivity contribution in [2.45, 2.75) is 35.6 Å². The first-order valence-electron chi connectivity index (χ1n) is 9.25. The Bertz CT molecular complexity index is 925. The molecule has 30 heavy (non-hydrogen) atoms. The molecule has 0 fully saturated rings. The zero-order valence-electron chi connectivity index (χ0n) is 16.4. The van der Waals surface area contributed by atoms with E-state index in [0.29, 0.717) is 21.9 Å². The molecule has 0 aliphatic heterocycles. The van der Waals surface area contributed by atoms with Crippen molar-refractivity contribution >= 4 is 63.0 Å². The fourth-order valence-electron chi connectivity index (χ4n) is 3.27. The largest absolute Gasteiger partial charge is 0.497 e. The van der Waals surface area contributed by atoms with Gasteiger partial charge in [0.15, 0.2) is 0 Å². The lowest BCUT2D eigenvalue weighted by molar-refractivity contribution is 0.0600. The number of hydrogen-bond acceptors (Lipinski definition) is 6. The lowest BCUT2D eigenvalue weighted by Gasteiger charge is -2.27. The number of carbonyl (C=O) groups excluding carboxylic acids is 2. The van der Waals surface area contributed by atoms with Gasteiger partial charge in [-0.1, -0.05) is 34.8 Å². The lowest BCUT2D eigenvalue weighted by atomic mass is 9.95. The van der Waals surface area contributed by atoms with E-state index in [4.69, 9.17) is 44.3 Å². The number of aryl methyl sites for hydroxylation is 1. The van der Waals surface area contributed by atoms with Crippen molar-refractivity contribution in [1.82, 2.24) is 5.32 Å².